The first kappa shape index (κ1) is 18.7. The van der Waals surface area contributed by atoms with E-state index >= 15 is 0 Å². The highest BCUT2D eigenvalue weighted by molar-refractivity contribution is 8.02. The molecule has 1 saturated heterocycles. The molecule has 2 aliphatic rings. The quantitative estimate of drug-likeness (QED) is 0.447. The minimum atomic E-state index is -0.751. The molecule has 0 bridgehead atoms. The Morgan fingerprint density at radius 2 is 2.35 bits per heavy atom. The molecule has 0 spiro atoms. The summed E-state index contributed by atoms with van der Waals surface area (Å²) in [5.74, 6) is -0.631. The highest BCUT2D eigenvalue weighted by atomic mass is 32.2. The molecule has 1 amide bonds. The van der Waals surface area contributed by atoms with E-state index < -0.39 is 18.0 Å². The van der Waals surface area contributed by atoms with E-state index in [4.69, 9.17) is 4.74 Å². The molecule has 1 N–H and O–H groups in total. The van der Waals surface area contributed by atoms with E-state index in [-0.39, 0.29) is 24.5 Å². The van der Waals surface area contributed by atoms with Gasteiger partial charge in [0.25, 0.3) is 0 Å². The molecule has 1 aromatic heterocycles. The Hall–Kier alpha value is -2.12. The van der Waals surface area contributed by atoms with Crippen molar-refractivity contribution in [2.45, 2.75) is 31.7 Å². The van der Waals surface area contributed by atoms with Crippen LogP contribution in [0, 0.1) is 11.8 Å². The molecule has 1 aromatic rings. The van der Waals surface area contributed by atoms with Crippen molar-refractivity contribution in [2.75, 3.05) is 6.61 Å². The van der Waals surface area contributed by atoms with Crippen LogP contribution in [0.4, 0.5) is 0 Å². The summed E-state index contributed by atoms with van der Waals surface area (Å²) in [6, 6.07) is 3.63. The zero-order valence-electron chi connectivity index (χ0n) is 14.8. The van der Waals surface area contributed by atoms with Gasteiger partial charge in [0.15, 0.2) is 0 Å². The predicted octanol–water partition coefficient (Wildman–Crippen LogP) is 2.11. The molecule has 3 heterocycles. The van der Waals surface area contributed by atoms with Gasteiger partial charge < -0.3 is 14.7 Å². The van der Waals surface area contributed by atoms with Crippen LogP contribution in [0.1, 0.15) is 19.4 Å². The molecule has 6 nitrogen and oxygen atoms in total. The maximum Gasteiger partial charge on any atom is 0.356 e. The average Bonchev–Trinajstić information content (AvgIpc) is 2.87. The van der Waals surface area contributed by atoms with Crippen molar-refractivity contribution in [1.82, 2.24) is 9.88 Å². The Labute approximate surface area is 156 Å². The van der Waals surface area contributed by atoms with Gasteiger partial charge in [0.1, 0.15) is 12.3 Å². The third kappa shape index (κ3) is 3.17. The van der Waals surface area contributed by atoms with E-state index in [1.165, 1.54) is 22.7 Å². The van der Waals surface area contributed by atoms with Crippen LogP contribution in [0.3, 0.4) is 0 Å². The number of amides is 1. The molecule has 26 heavy (non-hydrogen) atoms. The summed E-state index contributed by atoms with van der Waals surface area (Å²) in [5, 5.41) is 9.96. The molecule has 3 rings (SSSR count). The Morgan fingerprint density at radius 3 is 2.96 bits per heavy atom. The lowest BCUT2D eigenvalue weighted by Crippen LogP contribution is -2.63. The number of carbonyl (C=O) groups is 2. The number of carbonyl (C=O) groups excluding carboxylic acids is 2. The lowest BCUT2D eigenvalue weighted by molar-refractivity contribution is -0.164. The predicted molar refractivity (Wildman–Crippen MR) is 98.7 cm³/mol. The minimum absolute atomic E-state index is 0.0414. The second kappa shape index (κ2) is 7.63. The number of thioether (sulfide) groups is 1. The number of aliphatic hydroxyl groups excluding tert-OH is 1. The van der Waals surface area contributed by atoms with Crippen LogP contribution in [0.15, 0.2) is 47.8 Å². The van der Waals surface area contributed by atoms with Gasteiger partial charge in [0.2, 0.25) is 5.91 Å². The largest absolute Gasteiger partial charge is 0.457 e. The number of β-lactam (4-membered cyclic amide) rings is 1. The monoisotopic (exact) mass is 374 g/mol. The standard InChI is InChI=1S/C19H22N2O4S/c1-4-8-25-19(24)16-17(26-10-13-6-5-7-20-9-13)11(2)15-14(12(3)22)18(23)21(15)16/h4-7,9,11-12,14-15,22H,1,8,10H2,2-3H3/t11-,12+,14-,15-/m1/s1. The zero-order valence-corrected chi connectivity index (χ0v) is 15.6. The molecule has 1 fully saturated rings. The fourth-order valence-corrected chi connectivity index (χ4v) is 4.77. The summed E-state index contributed by atoms with van der Waals surface area (Å²) in [6.07, 6.45) is 4.23. The summed E-state index contributed by atoms with van der Waals surface area (Å²) in [6.45, 7) is 7.23. The van der Waals surface area contributed by atoms with Crippen molar-refractivity contribution in [1.29, 1.82) is 0 Å². The van der Waals surface area contributed by atoms with Gasteiger partial charge in [0.05, 0.1) is 18.1 Å². The zero-order chi connectivity index (χ0) is 18.8. The lowest BCUT2D eigenvalue weighted by Gasteiger charge is -2.46. The van der Waals surface area contributed by atoms with E-state index in [0.29, 0.717) is 11.4 Å². The minimum Gasteiger partial charge on any atom is -0.457 e. The molecular weight excluding hydrogens is 352 g/mol. The number of esters is 1. The number of aromatic nitrogens is 1. The van der Waals surface area contributed by atoms with E-state index in [1.54, 1.807) is 19.3 Å². The topological polar surface area (TPSA) is 79.7 Å². The van der Waals surface area contributed by atoms with Crippen molar-refractivity contribution in [3.05, 3.63) is 53.3 Å². The van der Waals surface area contributed by atoms with E-state index in [1.807, 2.05) is 19.1 Å². The molecule has 138 valence electrons. The summed E-state index contributed by atoms with van der Waals surface area (Å²) in [5.41, 5.74) is 1.34. The molecule has 0 aliphatic carbocycles. The van der Waals surface area contributed by atoms with Crippen molar-refractivity contribution >= 4 is 23.6 Å². The fraction of sp³-hybridized carbons (Fsp3) is 0.421. The molecule has 0 saturated carbocycles. The SMILES string of the molecule is C=CCOC(=O)C1=C(SCc2cccnc2)[C@H](C)[C@@H]2[C@@H]([C@H](C)O)C(=O)N12. The van der Waals surface area contributed by atoms with Crippen molar-refractivity contribution in [3.8, 4) is 0 Å². The van der Waals surface area contributed by atoms with Crippen molar-refractivity contribution in [2.24, 2.45) is 11.8 Å². The molecule has 0 aromatic carbocycles. The smallest absolute Gasteiger partial charge is 0.356 e. The summed E-state index contributed by atoms with van der Waals surface area (Å²) < 4.78 is 5.21. The number of ether oxygens (including phenoxy) is 1. The van der Waals surface area contributed by atoms with E-state index in [0.717, 1.165) is 10.5 Å². The van der Waals surface area contributed by atoms with Gasteiger partial charge in [0, 0.05) is 29.0 Å². The van der Waals surface area contributed by atoms with E-state index in [9.17, 15) is 14.7 Å². The third-order valence-electron chi connectivity index (χ3n) is 4.75. The van der Waals surface area contributed by atoms with Crippen LogP contribution in [-0.4, -0.2) is 45.6 Å². The Balaban J connectivity index is 1.88. The summed E-state index contributed by atoms with van der Waals surface area (Å²) in [7, 11) is 0. The maximum atomic E-state index is 12.6. The first-order valence-electron chi connectivity index (χ1n) is 8.52. The Morgan fingerprint density at radius 1 is 1.58 bits per heavy atom. The van der Waals surface area contributed by atoms with Crippen molar-refractivity contribution in [3.63, 3.8) is 0 Å². The molecule has 0 radical (unpaired) electrons. The Kier molecular flexibility index (Phi) is 5.48. The lowest BCUT2D eigenvalue weighted by atomic mass is 9.79. The number of fused-ring (bicyclic) bond motifs is 1. The maximum absolute atomic E-state index is 12.6. The molecule has 7 heteroatoms. The van der Waals surface area contributed by atoms with Gasteiger partial charge in [-0.25, -0.2) is 4.79 Å². The number of hydrogen-bond acceptors (Lipinski definition) is 6. The molecule has 2 aliphatic heterocycles. The van der Waals surface area contributed by atoms with Crippen LogP contribution < -0.4 is 0 Å². The van der Waals surface area contributed by atoms with Crippen LogP contribution in [0.2, 0.25) is 0 Å². The summed E-state index contributed by atoms with van der Waals surface area (Å²) in [4.78, 5) is 31.5. The number of aliphatic hydroxyl groups is 1. The Bertz CT molecular complexity index is 747. The van der Waals surface area contributed by atoms with Gasteiger partial charge in [-0.05, 0) is 18.6 Å². The van der Waals surface area contributed by atoms with Gasteiger partial charge >= 0.3 is 5.97 Å². The normalized spacial score (nSPS) is 25.6. The molecular formula is C19H22N2O4S. The second-order valence-corrected chi connectivity index (χ2v) is 7.52. The van der Waals surface area contributed by atoms with Gasteiger partial charge in [-0.2, -0.15) is 0 Å². The molecule has 4 atom stereocenters. The first-order valence-corrected chi connectivity index (χ1v) is 9.51. The van der Waals surface area contributed by atoms with Crippen molar-refractivity contribution < 1.29 is 19.4 Å². The average molecular weight is 374 g/mol. The fourth-order valence-electron chi connectivity index (χ4n) is 3.55. The van der Waals surface area contributed by atoms with Gasteiger partial charge in [-0.3, -0.25) is 9.78 Å². The number of nitrogens with zero attached hydrogens (tertiary/aromatic N) is 2. The second-order valence-electron chi connectivity index (χ2n) is 6.50. The van der Waals surface area contributed by atoms with Crippen LogP contribution in [0.5, 0.6) is 0 Å². The van der Waals surface area contributed by atoms with Gasteiger partial charge in [-0.15, -0.1) is 11.8 Å². The van der Waals surface area contributed by atoms with Crippen LogP contribution in [0.25, 0.3) is 0 Å². The number of hydrogen-bond donors (Lipinski definition) is 1. The van der Waals surface area contributed by atoms with Crippen LogP contribution in [-0.2, 0) is 20.1 Å². The first-order chi connectivity index (χ1) is 12.5. The summed E-state index contributed by atoms with van der Waals surface area (Å²) >= 11 is 1.52. The highest BCUT2D eigenvalue weighted by Gasteiger charge is 2.60. The van der Waals surface area contributed by atoms with E-state index in [2.05, 4.69) is 11.6 Å². The molecule has 0 unspecified atom stereocenters. The number of pyridine rings is 1. The van der Waals surface area contributed by atoms with Crippen LogP contribution >= 0.6 is 11.8 Å². The third-order valence-corrected chi connectivity index (χ3v) is 6.11. The van der Waals surface area contributed by atoms with Gasteiger partial charge in [-0.1, -0.05) is 25.6 Å². The number of rotatable bonds is 7. The highest BCUT2D eigenvalue weighted by Crippen LogP contribution is 2.51.